The summed E-state index contributed by atoms with van der Waals surface area (Å²) in [6.07, 6.45) is 1.61. The Morgan fingerprint density at radius 1 is 1.05 bits per heavy atom. The Balaban J connectivity index is 1.86. The average Bonchev–Trinajstić information content (AvgIpc) is 2.46. The summed E-state index contributed by atoms with van der Waals surface area (Å²) in [7, 11) is -1.62. The Morgan fingerprint density at radius 3 is 2.50 bits per heavy atom. The molecular weight excluding hydrogens is 258 g/mol. The van der Waals surface area contributed by atoms with Crippen molar-refractivity contribution < 1.29 is 19.2 Å². The molecule has 2 aromatic rings. The SMILES string of the molecule is OB(O)c1ccc(F)c(OCCCc2ccccc2)c1. The van der Waals surface area contributed by atoms with Gasteiger partial charge in [0.15, 0.2) is 11.6 Å². The Kier molecular flexibility index (Phi) is 5.15. The second-order valence-electron chi connectivity index (χ2n) is 4.50. The van der Waals surface area contributed by atoms with E-state index in [1.165, 1.54) is 23.8 Å². The molecule has 0 aliphatic carbocycles. The third-order valence-corrected chi connectivity index (χ3v) is 2.96. The lowest BCUT2D eigenvalue weighted by Gasteiger charge is -2.09. The normalized spacial score (nSPS) is 10.3. The quantitative estimate of drug-likeness (QED) is 0.620. The first-order valence-corrected chi connectivity index (χ1v) is 6.49. The van der Waals surface area contributed by atoms with Gasteiger partial charge in [0.05, 0.1) is 6.61 Å². The fourth-order valence-corrected chi connectivity index (χ4v) is 1.89. The third-order valence-electron chi connectivity index (χ3n) is 2.96. The van der Waals surface area contributed by atoms with Crippen LogP contribution < -0.4 is 10.2 Å². The van der Waals surface area contributed by atoms with Crippen molar-refractivity contribution >= 4 is 12.6 Å². The molecule has 0 radical (unpaired) electrons. The van der Waals surface area contributed by atoms with Gasteiger partial charge in [-0.25, -0.2) is 4.39 Å². The van der Waals surface area contributed by atoms with Crippen LogP contribution in [-0.2, 0) is 6.42 Å². The zero-order valence-electron chi connectivity index (χ0n) is 11.0. The van der Waals surface area contributed by atoms with Crippen molar-refractivity contribution in [1.29, 1.82) is 0 Å². The molecule has 104 valence electrons. The zero-order chi connectivity index (χ0) is 14.4. The second-order valence-corrected chi connectivity index (χ2v) is 4.50. The van der Waals surface area contributed by atoms with Crippen LogP contribution in [0.3, 0.4) is 0 Å². The lowest BCUT2D eigenvalue weighted by molar-refractivity contribution is 0.295. The molecule has 0 saturated heterocycles. The molecule has 0 spiro atoms. The monoisotopic (exact) mass is 274 g/mol. The van der Waals surface area contributed by atoms with Gasteiger partial charge in [-0.15, -0.1) is 0 Å². The number of hydrogen-bond acceptors (Lipinski definition) is 3. The number of halogens is 1. The van der Waals surface area contributed by atoms with E-state index in [1.54, 1.807) is 0 Å². The van der Waals surface area contributed by atoms with Gasteiger partial charge in [-0.05, 0) is 36.0 Å². The highest BCUT2D eigenvalue weighted by molar-refractivity contribution is 6.58. The summed E-state index contributed by atoms with van der Waals surface area (Å²) in [4.78, 5) is 0. The van der Waals surface area contributed by atoms with E-state index in [-0.39, 0.29) is 11.2 Å². The predicted molar refractivity (Wildman–Crippen MR) is 76.5 cm³/mol. The van der Waals surface area contributed by atoms with Gasteiger partial charge in [0, 0.05) is 0 Å². The van der Waals surface area contributed by atoms with E-state index in [4.69, 9.17) is 14.8 Å². The van der Waals surface area contributed by atoms with E-state index in [2.05, 4.69) is 0 Å². The Bertz CT molecular complexity index is 546. The van der Waals surface area contributed by atoms with Gasteiger partial charge in [-0.2, -0.15) is 0 Å². The molecule has 0 heterocycles. The van der Waals surface area contributed by atoms with E-state index in [0.29, 0.717) is 6.61 Å². The average molecular weight is 274 g/mol. The topological polar surface area (TPSA) is 49.7 Å². The van der Waals surface area contributed by atoms with Crippen LogP contribution in [0.4, 0.5) is 4.39 Å². The Morgan fingerprint density at radius 2 is 1.80 bits per heavy atom. The molecule has 5 heteroatoms. The van der Waals surface area contributed by atoms with E-state index in [1.807, 2.05) is 30.3 Å². The van der Waals surface area contributed by atoms with Crippen LogP contribution in [0.25, 0.3) is 0 Å². The minimum absolute atomic E-state index is 0.0451. The zero-order valence-corrected chi connectivity index (χ0v) is 11.0. The molecule has 0 aromatic heterocycles. The van der Waals surface area contributed by atoms with Gasteiger partial charge in [-0.3, -0.25) is 0 Å². The molecule has 0 saturated carbocycles. The maximum absolute atomic E-state index is 13.5. The van der Waals surface area contributed by atoms with Gasteiger partial charge in [-0.1, -0.05) is 36.4 Å². The molecule has 0 bridgehead atoms. The highest BCUT2D eigenvalue weighted by atomic mass is 19.1. The Labute approximate surface area is 117 Å². The molecule has 0 atom stereocenters. The summed E-state index contributed by atoms with van der Waals surface area (Å²) >= 11 is 0. The molecule has 2 aromatic carbocycles. The maximum atomic E-state index is 13.5. The van der Waals surface area contributed by atoms with Crippen molar-refractivity contribution in [1.82, 2.24) is 0 Å². The van der Waals surface area contributed by atoms with Crippen LogP contribution in [0.2, 0.25) is 0 Å². The molecule has 0 aliphatic rings. The number of hydrogen-bond donors (Lipinski definition) is 2. The summed E-state index contributed by atoms with van der Waals surface area (Å²) in [5.41, 5.74) is 1.42. The summed E-state index contributed by atoms with van der Waals surface area (Å²) in [5, 5.41) is 18.1. The van der Waals surface area contributed by atoms with Crippen molar-refractivity contribution in [2.24, 2.45) is 0 Å². The van der Waals surface area contributed by atoms with Crippen molar-refractivity contribution in [3.05, 3.63) is 59.9 Å². The Hall–Kier alpha value is -1.85. The summed E-state index contributed by atoms with van der Waals surface area (Å²) in [6, 6.07) is 13.8. The van der Waals surface area contributed by atoms with Gasteiger partial charge in [0.1, 0.15) is 0 Å². The van der Waals surface area contributed by atoms with Gasteiger partial charge < -0.3 is 14.8 Å². The fourth-order valence-electron chi connectivity index (χ4n) is 1.89. The van der Waals surface area contributed by atoms with Crippen LogP contribution in [0.1, 0.15) is 12.0 Å². The molecule has 2 rings (SSSR count). The second kappa shape index (κ2) is 7.08. The van der Waals surface area contributed by atoms with Crippen molar-refractivity contribution in [2.75, 3.05) is 6.61 Å². The first-order chi connectivity index (χ1) is 9.66. The first-order valence-electron chi connectivity index (χ1n) is 6.49. The highest BCUT2D eigenvalue weighted by Crippen LogP contribution is 2.15. The number of ether oxygens (including phenoxy) is 1. The maximum Gasteiger partial charge on any atom is 0.488 e. The lowest BCUT2D eigenvalue weighted by Crippen LogP contribution is -2.29. The standard InChI is InChI=1S/C15H16BFO3/c17-14-9-8-13(16(18)19)11-15(14)20-10-4-7-12-5-2-1-3-6-12/h1-3,5-6,8-9,11,18-19H,4,7,10H2. The lowest BCUT2D eigenvalue weighted by atomic mass is 9.80. The number of aryl methyl sites for hydroxylation is 1. The van der Waals surface area contributed by atoms with Crippen molar-refractivity contribution in [3.63, 3.8) is 0 Å². The molecule has 0 fully saturated rings. The van der Waals surface area contributed by atoms with E-state index in [0.717, 1.165) is 12.8 Å². The first kappa shape index (κ1) is 14.6. The van der Waals surface area contributed by atoms with Crippen molar-refractivity contribution in [2.45, 2.75) is 12.8 Å². The largest absolute Gasteiger partial charge is 0.491 e. The minimum Gasteiger partial charge on any atom is -0.491 e. The van der Waals surface area contributed by atoms with E-state index < -0.39 is 12.9 Å². The molecule has 0 aliphatic heterocycles. The number of benzene rings is 2. The van der Waals surface area contributed by atoms with Gasteiger partial charge in [0.2, 0.25) is 0 Å². The van der Waals surface area contributed by atoms with Crippen molar-refractivity contribution in [3.8, 4) is 5.75 Å². The molecule has 2 N–H and O–H groups in total. The molecule has 3 nitrogen and oxygen atoms in total. The summed E-state index contributed by atoms with van der Waals surface area (Å²) in [5.74, 6) is -0.460. The fraction of sp³-hybridized carbons (Fsp3) is 0.200. The smallest absolute Gasteiger partial charge is 0.488 e. The van der Waals surface area contributed by atoms with Crippen LogP contribution in [-0.4, -0.2) is 23.8 Å². The van der Waals surface area contributed by atoms with Crippen LogP contribution in [0.15, 0.2) is 48.5 Å². The molecule has 20 heavy (non-hydrogen) atoms. The van der Waals surface area contributed by atoms with Crippen LogP contribution in [0, 0.1) is 5.82 Å². The number of rotatable bonds is 6. The third kappa shape index (κ3) is 4.08. The molecule has 0 unspecified atom stereocenters. The summed E-state index contributed by atoms with van der Waals surface area (Å²) in [6.45, 7) is 0.372. The van der Waals surface area contributed by atoms with E-state index in [9.17, 15) is 4.39 Å². The van der Waals surface area contributed by atoms with Gasteiger partial charge >= 0.3 is 7.12 Å². The van der Waals surface area contributed by atoms with E-state index >= 15 is 0 Å². The predicted octanol–water partition coefficient (Wildman–Crippen LogP) is 1.52. The molecule has 0 amide bonds. The molecular formula is C15H16BFO3. The highest BCUT2D eigenvalue weighted by Gasteiger charge is 2.14. The van der Waals surface area contributed by atoms with Gasteiger partial charge in [0.25, 0.3) is 0 Å². The summed E-state index contributed by atoms with van der Waals surface area (Å²) < 4.78 is 18.8. The minimum atomic E-state index is -1.62. The van der Waals surface area contributed by atoms with Crippen LogP contribution in [0.5, 0.6) is 5.75 Å². The van der Waals surface area contributed by atoms with Crippen LogP contribution >= 0.6 is 0 Å².